The molecule has 144 valence electrons. The van der Waals surface area contributed by atoms with Crippen LogP contribution in [0.2, 0.25) is 0 Å². The second kappa shape index (κ2) is 7.85. The van der Waals surface area contributed by atoms with E-state index in [0.29, 0.717) is 16.9 Å². The summed E-state index contributed by atoms with van der Waals surface area (Å²) in [5.74, 6) is -0.232. The van der Waals surface area contributed by atoms with Gasteiger partial charge in [0.15, 0.2) is 0 Å². The number of fused-ring (bicyclic) bond motifs is 1. The Labute approximate surface area is 167 Å². The Morgan fingerprint density at radius 3 is 2.34 bits per heavy atom. The molecule has 29 heavy (non-hydrogen) atoms. The van der Waals surface area contributed by atoms with Crippen LogP contribution in [0.1, 0.15) is 10.4 Å². The highest BCUT2D eigenvalue weighted by atomic mass is 16.2. The number of benzene rings is 3. The lowest BCUT2D eigenvalue weighted by Gasteiger charge is -2.09. The summed E-state index contributed by atoms with van der Waals surface area (Å²) >= 11 is 0. The quantitative estimate of drug-likeness (QED) is 0.496. The van der Waals surface area contributed by atoms with Gasteiger partial charge in [0.1, 0.15) is 6.33 Å². The van der Waals surface area contributed by atoms with Crippen LogP contribution >= 0.6 is 0 Å². The average molecular weight is 385 g/mol. The van der Waals surface area contributed by atoms with Crippen molar-refractivity contribution in [2.24, 2.45) is 0 Å². The van der Waals surface area contributed by atoms with Gasteiger partial charge in [0, 0.05) is 29.7 Å². The predicted octanol–water partition coefficient (Wildman–Crippen LogP) is 4.03. The van der Waals surface area contributed by atoms with Gasteiger partial charge in [-0.3, -0.25) is 9.36 Å². The lowest BCUT2D eigenvalue weighted by atomic mass is 10.1. The summed E-state index contributed by atoms with van der Waals surface area (Å²) < 4.78 is 1.98. The Balaban J connectivity index is 1.50. The molecule has 0 saturated heterocycles. The average Bonchev–Trinajstić information content (AvgIpc) is 3.18. The lowest BCUT2D eigenvalue weighted by molar-refractivity contribution is 0.102. The molecule has 0 atom stereocenters. The fourth-order valence-electron chi connectivity index (χ4n) is 3.01. The number of carbonyl (C=O) groups is 2. The molecule has 0 aliphatic heterocycles. The summed E-state index contributed by atoms with van der Waals surface area (Å²) in [6, 6.07) is 21.8. The van der Waals surface area contributed by atoms with E-state index in [1.807, 2.05) is 41.0 Å². The van der Waals surface area contributed by atoms with Gasteiger partial charge < -0.3 is 16.0 Å². The molecule has 0 aliphatic carbocycles. The van der Waals surface area contributed by atoms with E-state index in [1.54, 1.807) is 42.7 Å². The third-order valence-electron chi connectivity index (χ3n) is 4.47. The molecule has 1 heterocycles. The Kier molecular flexibility index (Phi) is 4.94. The Morgan fingerprint density at radius 2 is 1.59 bits per heavy atom. The molecular weight excluding hydrogens is 366 g/mol. The van der Waals surface area contributed by atoms with E-state index in [2.05, 4.69) is 20.9 Å². The molecule has 7 heteroatoms. The second-order valence-electron chi connectivity index (χ2n) is 6.39. The number of carbonyl (C=O) groups excluding carboxylic acids is 2. The molecule has 0 aliphatic rings. The highest BCUT2D eigenvalue weighted by Gasteiger charge is 2.09. The van der Waals surface area contributed by atoms with Crippen molar-refractivity contribution in [2.75, 3.05) is 17.7 Å². The van der Waals surface area contributed by atoms with Crippen LogP contribution in [-0.4, -0.2) is 28.5 Å². The minimum atomic E-state index is -0.323. The fourth-order valence-corrected chi connectivity index (χ4v) is 3.01. The minimum Gasteiger partial charge on any atom is -0.341 e. The van der Waals surface area contributed by atoms with Gasteiger partial charge in [0.25, 0.3) is 5.91 Å². The third-order valence-corrected chi connectivity index (χ3v) is 4.47. The van der Waals surface area contributed by atoms with Gasteiger partial charge in [-0.05, 0) is 54.6 Å². The van der Waals surface area contributed by atoms with Crippen LogP contribution in [-0.2, 0) is 0 Å². The molecule has 3 N–H and O–H groups in total. The van der Waals surface area contributed by atoms with Crippen molar-refractivity contribution in [1.29, 1.82) is 0 Å². The van der Waals surface area contributed by atoms with Crippen molar-refractivity contribution in [2.45, 2.75) is 0 Å². The monoisotopic (exact) mass is 385 g/mol. The lowest BCUT2D eigenvalue weighted by Crippen LogP contribution is -2.24. The highest BCUT2D eigenvalue weighted by Crippen LogP contribution is 2.19. The molecule has 0 unspecified atom stereocenters. The largest absolute Gasteiger partial charge is 0.341 e. The van der Waals surface area contributed by atoms with Gasteiger partial charge in [0.2, 0.25) is 0 Å². The first-order valence-electron chi connectivity index (χ1n) is 9.07. The predicted molar refractivity (Wildman–Crippen MR) is 114 cm³/mol. The van der Waals surface area contributed by atoms with Crippen LogP contribution in [0, 0.1) is 0 Å². The zero-order chi connectivity index (χ0) is 20.2. The van der Waals surface area contributed by atoms with Crippen LogP contribution < -0.4 is 16.0 Å². The summed E-state index contributed by atoms with van der Waals surface area (Å²) in [5, 5.41) is 8.00. The molecule has 0 saturated carbocycles. The second-order valence-corrected chi connectivity index (χ2v) is 6.39. The molecular formula is C22H19N5O2. The summed E-state index contributed by atoms with van der Waals surface area (Å²) in [4.78, 5) is 28.4. The van der Waals surface area contributed by atoms with Gasteiger partial charge in [-0.25, -0.2) is 9.78 Å². The first-order chi connectivity index (χ1) is 14.1. The SMILES string of the molecule is CNC(=O)Nc1cccc(NC(=O)c2ccc(-n3cnc4ccccc43)cc2)c1. The smallest absolute Gasteiger partial charge is 0.318 e. The summed E-state index contributed by atoms with van der Waals surface area (Å²) in [7, 11) is 1.54. The zero-order valence-corrected chi connectivity index (χ0v) is 15.7. The number of imidazole rings is 1. The number of urea groups is 1. The number of nitrogens with zero attached hydrogens (tertiary/aromatic N) is 2. The number of hydrogen-bond acceptors (Lipinski definition) is 3. The first-order valence-corrected chi connectivity index (χ1v) is 9.07. The molecule has 3 aromatic carbocycles. The Bertz CT molecular complexity index is 1180. The van der Waals surface area contributed by atoms with Crippen LogP contribution in [0.3, 0.4) is 0 Å². The topological polar surface area (TPSA) is 88.0 Å². The first kappa shape index (κ1) is 18.2. The number of aromatic nitrogens is 2. The van der Waals surface area contributed by atoms with Crippen LogP contribution in [0.4, 0.5) is 16.2 Å². The molecule has 0 radical (unpaired) electrons. The van der Waals surface area contributed by atoms with Crippen molar-refractivity contribution in [1.82, 2.24) is 14.9 Å². The van der Waals surface area contributed by atoms with Crippen molar-refractivity contribution < 1.29 is 9.59 Å². The Hall–Kier alpha value is -4.13. The zero-order valence-electron chi connectivity index (χ0n) is 15.7. The molecule has 1 aromatic heterocycles. The minimum absolute atomic E-state index is 0.232. The van der Waals surface area contributed by atoms with Crippen molar-refractivity contribution in [3.63, 3.8) is 0 Å². The van der Waals surface area contributed by atoms with Crippen molar-refractivity contribution in [3.05, 3.63) is 84.7 Å². The summed E-state index contributed by atoms with van der Waals surface area (Å²) in [6.45, 7) is 0. The molecule has 0 bridgehead atoms. The molecule has 0 spiro atoms. The molecule has 4 rings (SSSR count). The van der Waals surface area contributed by atoms with E-state index in [4.69, 9.17) is 0 Å². The maximum absolute atomic E-state index is 12.6. The standard InChI is InChI=1S/C22H19N5O2/c1-23-22(29)26-17-6-4-5-16(13-17)25-21(28)15-9-11-18(12-10-15)27-14-24-19-7-2-3-8-20(19)27/h2-14H,1H3,(H,25,28)(H2,23,26,29). The van der Waals surface area contributed by atoms with Crippen molar-refractivity contribution >= 4 is 34.3 Å². The van der Waals surface area contributed by atoms with Crippen molar-refractivity contribution in [3.8, 4) is 5.69 Å². The van der Waals surface area contributed by atoms with Gasteiger partial charge in [-0.15, -0.1) is 0 Å². The Morgan fingerprint density at radius 1 is 0.862 bits per heavy atom. The highest BCUT2D eigenvalue weighted by molar-refractivity contribution is 6.04. The molecule has 7 nitrogen and oxygen atoms in total. The van der Waals surface area contributed by atoms with E-state index in [9.17, 15) is 9.59 Å². The number of amides is 3. The molecule has 3 amide bonds. The van der Waals surface area contributed by atoms with E-state index < -0.39 is 0 Å². The van der Waals surface area contributed by atoms with Gasteiger partial charge in [0.05, 0.1) is 11.0 Å². The van der Waals surface area contributed by atoms with Gasteiger partial charge >= 0.3 is 6.03 Å². The third kappa shape index (κ3) is 3.93. The maximum atomic E-state index is 12.6. The van der Waals surface area contributed by atoms with Gasteiger partial charge in [-0.2, -0.15) is 0 Å². The fraction of sp³-hybridized carbons (Fsp3) is 0.0455. The van der Waals surface area contributed by atoms with E-state index in [-0.39, 0.29) is 11.9 Å². The normalized spacial score (nSPS) is 10.5. The summed E-state index contributed by atoms with van der Waals surface area (Å²) in [6.07, 6.45) is 1.77. The van der Waals surface area contributed by atoms with E-state index in [0.717, 1.165) is 16.7 Å². The summed E-state index contributed by atoms with van der Waals surface area (Å²) in [5.41, 5.74) is 4.55. The number of hydrogen-bond donors (Lipinski definition) is 3. The number of rotatable bonds is 4. The van der Waals surface area contributed by atoms with Crippen LogP contribution in [0.5, 0.6) is 0 Å². The van der Waals surface area contributed by atoms with Gasteiger partial charge in [-0.1, -0.05) is 18.2 Å². The van der Waals surface area contributed by atoms with Crippen LogP contribution in [0.15, 0.2) is 79.1 Å². The maximum Gasteiger partial charge on any atom is 0.318 e. The van der Waals surface area contributed by atoms with Crippen LogP contribution in [0.25, 0.3) is 16.7 Å². The number of para-hydroxylation sites is 2. The number of nitrogens with one attached hydrogen (secondary N) is 3. The van der Waals surface area contributed by atoms with E-state index >= 15 is 0 Å². The van der Waals surface area contributed by atoms with E-state index in [1.165, 1.54) is 7.05 Å². The number of anilines is 2. The molecule has 4 aromatic rings. The molecule has 0 fully saturated rings.